The standard InChI is InChI=1S/C68H41N3/c1-3-19-42(20-4-1)44-37-39-45(40-38-44)65-69-66(47-24-17-23-46(41-47)43-21-5-2-6-22-43)71-67(70-65)57-34-18-36-59-60(57)56-33-15-16-35-58(56)68(59)63-54-31-13-9-27-50(54)48-25-7-11-29-52(48)61(63)62-53-30-12-8-26-49(53)51-28-10-14-32-55(51)64(62)68/h1-41H. The summed E-state index contributed by atoms with van der Waals surface area (Å²) in [6.45, 7) is 0. The molecule has 0 bridgehead atoms. The van der Waals surface area contributed by atoms with Crippen molar-refractivity contribution in [2.75, 3.05) is 0 Å². The van der Waals surface area contributed by atoms with Crippen molar-refractivity contribution in [3.05, 3.63) is 271 Å². The molecule has 13 aromatic rings. The van der Waals surface area contributed by atoms with Crippen LogP contribution in [0.25, 0.3) is 122 Å². The van der Waals surface area contributed by atoms with Crippen LogP contribution in [0.3, 0.4) is 0 Å². The summed E-state index contributed by atoms with van der Waals surface area (Å²) < 4.78 is 0. The van der Waals surface area contributed by atoms with E-state index in [-0.39, 0.29) is 0 Å². The quantitative estimate of drug-likeness (QED) is 0.162. The first kappa shape index (κ1) is 39.7. The van der Waals surface area contributed by atoms with Gasteiger partial charge in [-0.3, -0.25) is 0 Å². The van der Waals surface area contributed by atoms with Gasteiger partial charge in [-0.05, 0) is 116 Å². The Hall–Kier alpha value is -9.31. The molecule has 0 saturated carbocycles. The summed E-state index contributed by atoms with van der Waals surface area (Å²) in [7, 11) is 0. The van der Waals surface area contributed by atoms with E-state index in [0.29, 0.717) is 17.5 Å². The SMILES string of the molecule is c1ccc(-c2ccc(-c3nc(-c4cccc(-c5ccccc5)c4)nc(-c4cccc5c4-c4ccccc4C54c5c(c6ccccc6c6ccccc56)-c5c4c4ccccc4c4ccccc54)n3)cc2)cc1. The fraction of sp³-hybridized carbons (Fsp3) is 0.0147. The van der Waals surface area contributed by atoms with Crippen LogP contribution in [-0.2, 0) is 5.41 Å². The molecule has 2 aliphatic rings. The molecule has 0 aliphatic heterocycles. The third-order valence-corrected chi connectivity index (χ3v) is 15.3. The van der Waals surface area contributed by atoms with Gasteiger partial charge in [0.2, 0.25) is 0 Å². The van der Waals surface area contributed by atoms with E-state index >= 15 is 0 Å². The van der Waals surface area contributed by atoms with Crippen LogP contribution in [0.4, 0.5) is 0 Å². The van der Waals surface area contributed by atoms with Gasteiger partial charge in [-0.25, -0.2) is 15.0 Å². The Bertz CT molecular complexity index is 4200. The van der Waals surface area contributed by atoms with Crippen LogP contribution in [0.1, 0.15) is 22.3 Å². The molecule has 0 amide bonds. The number of fused-ring (bicyclic) bond motifs is 20. The van der Waals surface area contributed by atoms with Gasteiger partial charge in [0.05, 0.1) is 5.41 Å². The minimum absolute atomic E-state index is 0.625. The van der Waals surface area contributed by atoms with Gasteiger partial charge in [-0.1, -0.05) is 243 Å². The van der Waals surface area contributed by atoms with Crippen molar-refractivity contribution < 1.29 is 0 Å². The number of hydrogen-bond donors (Lipinski definition) is 0. The van der Waals surface area contributed by atoms with E-state index < -0.39 is 5.41 Å². The molecule has 3 heteroatoms. The molecular weight excluding hydrogens is 859 g/mol. The van der Waals surface area contributed by atoms with Crippen molar-refractivity contribution in [2.24, 2.45) is 0 Å². The molecule has 1 spiro atoms. The molecule has 3 nitrogen and oxygen atoms in total. The number of hydrogen-bond acceptors (Lipinski definition) is 3. The minimum Gasteiger partial charge on any atom is -0.208 e. The lowest BCUT2D eigenvalue weighted by Gasteiger charge is -2.33. The third-order valence-electron chi connectivity index (χ3n) is 15.3. The zero-order chi connectivity index (χ0) is 46.6. The van der Waals surface area contributed by atoms with Crippen molar-refractivity contribution in [1.82, 2.24) is 15.0 Å². The molecule has 328 valence electrons. The van der Waals surface area contributed by atoms with Gasteiger partial charge < -0.3 is 0 Å². The highest BCUT2D eigenvalue weighted by molar-refractivity contribution is 6.27. The summed E-state index contributed by atoms with van der Waals surface area (Å²) in [5.41, 5.74) is 16.8. The van der Waals surface area contributed by atoms with Gasteiger partial charge in [0.25, 0.3) is 0 Å². The highest BCUT2D eigenvalue weighted by Crippen LogP contribution is 2.68. The maximum atomic E-state index is 5.51. The normalized spacial score (nSPS) is 12.9. The molecule has 71 heavy (non-hydrogen) atoms. The first-order chi connectivity index (χ1) is 35.2. The van der Waals surface area contributed by atoms with E-state index in [9.17, 15) is 0 Å². The predicted octanol–water partition coefficient (Wildman–Crippen LogP) is 17.2. The van der Waals surface area contributed by atoms with Crippen LogP contribution in [0.15, 0.2) is 249 Å². The summed E-state index contributed by atoms with van der Waals surface area (Å²) in [5, 5.41) is 10.1. The minimum atomic E-state index is -0.699. The van der Waals surface area contributed by atoms with Gasteiger partial charge in [-0.2, -0.15) is 0 Å². The molecule has 0 radical (unpaired) electrons. The Morgan fingerprint density at radius 2 is 0.606 bits per heavy atom. The Labute approximate surface area is 411 Å². The number of benzene rings is 12. The van der Waals surface area contributed by atoms with Crippen molar-refractivity contribution in [2.45, 2.75) is 5.41 Å². The Balaban J connectivity index is 1.05. The predicted molar refractivity (Wildman–Crippen MR) is 293 cm³/mol. The van der Waals surface area contributed by atoms with E-state index in [4.69, 9.17) is 15.0 Å². The number of nitrogens with zero attached hydrogens (tertiary/aromatic N) is 3. The monoisotopic (exact) mass is 899 g/mol. The second kappa shape index (κ2) is 15.3. The average Bonchev–Trinajstić information content (AvgIpc) is 3.97. The fourth-order valence-corrected chi connectivity index (χ4v) is 12.4. The lowest BCUT2D eigenvalue weighted by atomic mass is 9.67. The zero-order valence-electron chi connectivity index (χ0n) is 38.5. The van der Waals surface area contributed by atoms with Crippen molar-refractivity contribution >= 4 is 43.1 Å². The topological polar surface area (TPSA) is 38.7 Å². The van der Waals surface area contributed by atoms with Crippen LogP contribution < -0.4 is 0 Å². The van der Waals surface area contributed by atoms with Crippen LogP contribution in [0.5, 0.6) is 0 Å². The number of rotatable bonds is 5. The maximum absolute atomic E-state index is 5.51. The second-order valence-corrected chi connectivity index (χ2v) is 18.9. The Morgan fingerprint density at radius 3 is 1.21 bits per heavy atom. The molecule has 0 N–H and O–H groups in total. The molecular formula is C68H41N3. The molecule has 12 aromatic carbocycles. The Morgan fingerprint density at radius 1 is 0.225 bits per heavy atom. The van der Waals surface area contributed by atoms with E-state index in [0.717, 1.165) is 44.5 Å². The van der Waals surface area contributed by atoms with E-state index in [1.54, 1.807) is 0 Å². The average molecular weight is 900 g/mol. The number of aromatic nitrogens is 3. The van der Waals surface area contributed by atoms with Gasteiger partial charge in [0.1, 0.15) is 0 Å². The van der Waals surface area contributed by atoms with Crippen LogP contribution in [0, 0.1) is 0 Å². The molecule has 0 unspecified atom stereocenters. The van der Waals surface area contributed by atoms with Crippen LogP contribution in [0.2, 0.25) is 0 Å². The summed E-state index contributed by atoms with van der Waals surface area (Å²) in [6.07, 6.45) is 0. The summed E-state index contributed by atoms with van der Waals surface area (Å²) in [5.74, 6) is 1.89. The lowest BCUT2D eigenvalue weighted by molar-refractivity contribution is 0.810. The summed E-state index contributed by atoms with van der Waals surface area (Å²) in [4.78, 5) is 16.3. The summed E-state index contributed by atoms with van der Waals surface area (Å²) >= 11 is 0. The molecule has 0 saturated heterocycles. The molecule has 0 fully saturated rings. The first-order valence-electron chi connectivity index (χ1n) is 24.4. The van der Waals surface area contributed by atoms with Gasteiger partial charge >= 0.3 is 0 Å². The smallest absolute Gasteiger partial charge is 0.164 e. The van der Waals surface area contributed by atoms with E-state index in [2.05, 4.69) is 249 Å². The van der Waals surface area contributed by atoms with E-state index in [1.807, 2.05) is 0 Å². The van der Waals surface area contributed by atoms with Crippen molar-refractivity contribution in [3.8, 4) is 78.7 Å². The van der Waals surface area contributed by atoms with Crippen molar-refractivity contribution in [1.29, 1.82) is 0 Å². The Kier molecular flexibility index (Phi) is 8.57. The maximum Gasteiger partial charge on any atom is 0.164 e. The lowest BCUT2D eigenvalue weighted by Crippen LogP contribution is -2.26. The third kappa shape index (κ3) is 5.69. The van der Waals surface area contributed by atoms with Crippen molar-refractivity contribution in [3.63, 3.8) is 0 Å². The second-order valence-electron chi connectivity index (χ2n) is 18.9. The highest BCUT2D eigenvalue weighted by Gasteiger charge is 2.55. The van der Waals surface area contributed by atoms with Gasteiger partial charge in [-0.15, -0.1) is 0 Å². The van der Waals surface area contributed by atoms with Gasteiger partial charge in [0, 0.05) is 16.7 Å². The largest absolute Gasteiger partial charge is 0.208 e. The molecule has 0 atom stereocenters. The zero-order valence-corrected chi connectivity index (χ0v) is 38.5. The van der Waals surface area contributed by atoms with Crippen LogP contribution >= 0.6 is 0 Å². The van der Waals surface area contributed by atoms with Gasteiger partial charge in [0.15, 0.2) is 17.5 Å². The molecule has 2 aliphatic carbocycles. The van der Waals surface area contributed by atoms with E-state index in [1.165, 1.54) is 82.0 Å². The molecule has 15 rings (SSSR count). The summed E-state index contributed by atoms with van der Waals surface area (Å²) in [6, 6.07) is 90.5. The molecule has 1 aromatic heterocycles. The fourth-order valence-electron chi connectivity index (χ4n) is 12.4. The molecule has 1 heterocycles. The highest BCUT2D eigenvalue weighted by atomic mass is 15.0. The van der Waals surface area contributed by atoms with Crippen LogP contribution in [-0.4, -0.2) is 15.0 Å². The first-order valence-corrected chi connectivity index (χ1v) is 24.4.